The first-order valence-electron chi connectivity index (χ1n) is 7.19. The molecule has 0 fully saturated rings. The monoisotopic (exact) mass is 252 g/mol. The van der Waals surface area contributed by atoms with Gasteiger partial charge in [-0.25, -0.2) is 0 Å². The summed E-state index contributed by atoms with van der Waals surface area (Å²) in [6, 6.07) is 0. The zero-order chi connectivity index (χ0) is 13.5. The molecule has 0 aromatic rings. The second kappa shape index (κ2) is 7.63. The molecule has 1 aliphatic rings. The van der Waals surface area contributed by atoms with Crippen molar-refractivity contribution in [3.63, 3.8) is 0 Å². The third-order valence-electron chi connectivity index (χ3n) is 3.44. The van der Waals surface area contributed by atoms with Crippen molar-refractivity contribution in [2.75, 3.05) is 6.61 Å². The van der Waals surface area contributed by atoms with Crippen LogP contribution >= 0.6 is 0 Å². The molecule has 0 amide bonds. The predicted molar refractivity (Wildman–Crippen MR) is 76.1 cm³/mol. The Morgan fingerprint density at radius 1 is 1.28 bits per heavy atom. The summed E-state index contributed by atoms with van der Waals surface area (Å²) in [6.07, 6.45) is 8.70. The van der Waals surface area contributed by atoms with E-state index in [2.05, 4.69) is 45.9 Å². The largest absolute Gasteiger partial charge is 0.466 e. The lowest BCUT2D eigenvalue weighted by Gasteiger charge is -2.23. The fourth-order valence-electron chi connectivity index (χ4n) is 1.98. The number of hydrogen-bond acceptors (Lipinski definition) is 2. The van der Waals surface area contributed by atoms with E-state index in [0.717, 1.165) is 24.7 Å². The predicted octanol–water partition coefficient (Wildman–Crippen LogP) is 4.53. The third-order valence-corrected chi connectivity index (χ3v) is 3.44. The van der Waals surface area contributed by atoms with Crippen LogP contribution in [0.2, 0.25) is 0 Å². The van der Waals surface area contributed by atoms with Crippen LogP contribution in [0.15, 0.2) is 24.0 Å². The highest BCUT2D eigenvalue weighted by Crippen LogP contribution is 2.26. The van der Waals surface area contributed by atoms with Crippen LogP contribution in [-0.2, 0) is 9.47 Å². The van der Waals surface area contributed by atoms with Gasteiger partial charge in [-0.1, -0.05) is 40.2 Å². The smallest absolute Gasteiger partial charge is 0.196 e. The van der Waals surface area contributed by atoms with Gasteiger partial charge in [0, 0.05) is 0 Å². The van der Waals surface area contributed by atoms with Crippen LogP contribution in [0.5, 0.6) is 0 Å². The van der Waals surface area contributed by atoms with Crippen molar-refractivity contribution < 1.29 is 9.47 Å². The third kappa shape index (κ3) is 5.26. The quantitative estimate of drug-likeness (QED) is 0.620. The Morgan fingerprint density at radius 3 is 2.50 bits per heavy atom. The van der Waals surface area contributed by atoms with Crippen molar-refractivity contribution in [2.24, 2.45) is 17.8 Å². The van der Waals surface area contributed by atoms with E-state index in [0.29, 0.717) is 11.8 Å². The Balaban J connectivity index is 2.33. The van der Waals surface area contributed by atoms with E-state index in [9.17, 15) is 0 Å². The summed E-state index contributed by atoms with van der Waals surface area (Å²) >= 11 is 0. The van der Waals surface area contributed by atoms with Crippen LogP contribution in [0, 0.1) is 17.8 Å². The molecule has 104 valence electrons. The van der Waals surface area contributed by atoms with Crippen LogP contribution in [-0.4, -0.2) is 12.9 Å². The number of hydrogen-bond donors (Lipinski definition) is 0. The Kier molecular flexibility index (Phi) is 6.48. The summed E-state index contributed by atoms with van der Waals surface area (Å²) in [5.41, 5.74) is 0. The molecule has 2 heteroatoms. The van der Waals surface area contributed by atoms with Crippen molar-refractivity contribution >= 4 is 0 Å². The van der Waals surface area contributed by atoms with Gasteiger partial charge in [-0.15, -0.1) is 0 Å². The van der Waals surface area contributed by atoms with Crippen LogP contribution in [0.1, 0.15) is 47.5 Å². The van der Waals surface area contributed by atoms with Gasteiger partial charge >= 0.3 is 0 Å². The molecule has 0 aliphatic heterocycles. The maximum atomic E-state index is 5.76. The van der Waals surface area contributed by atoms with Crippen LogP contribution in [0.4, 0.5) is 0 Å². The van der Waals surface area contributed by atoms with E-state index >= 15 is 0 Å². The van der Waals surface area contributed by atoms with E-state index in [-0.39, 0.29) is 6.29 Å². The molecule has 0 radical (unpaired) electrons. The first kappa shape index (κ1) is 15.3. The molecular formula is C16H28O2. The first-order valence-corrected chi connectivity index (χ1v) is 7.19. The van der Waals surface area contributed by atoms with E-state index in [1.54, 1.807) is 0 Å². The lowest BCUT2D eigenvalue weighted by molar-refractivity contribution is -0.108. The number of ether oxygens (including phenoxy) is 2. The van der Waals surface area contributed by atoms with Gasteiger partial charge in [0.25, 0.3) is 0 Å². The number of rotatable bonds is 7. The zero-order valence-electron chi connectivity index (χ0n) is 12.5. The summed E-state index contributed by atoms with van der Waals surface area (Å²) in [4.78, 5) is 0. The lowest BCUT2D eigenvalue weighted by atomic mass is 9.86. The Bertz CT molecular complexity index is 291. The molecule has 0 bridgehead atoms. The Morgan fingerprint density at radius 2 is 2.00 bits per heavy atom. The molecule has 0 spiro atoms. The van der Waals surface area contributed by atoms with Crippen LogP contribution in [0.3, 0.4) is 0 Å². The molecule has 0 saturated heterocycles. The van der Waals surface area contributed by atoms with Crippen molar-refractivity contribution in [3.8, 4) is 0 Å². The van der Waals surface area contributed by atoms with Crippen molar-refractivity contribution in [2.45, 2.75) is 53.8 Å². The standard InChI is InChI=1S/C16H28O2/c1-6-13(4)15-7-9-16(10-8-15)18-14(5)17-11-12(2)3/h7,9-10,12-15H,6,8,11H2,1-5H3. The normalized spacial score (nSPS) is 22.8. The molecular weight excluding hydrogens is 224 g/mol. The van der Waals surface area contributed by atoms with Crippen molar-refractivity contribution in [3.05, 3.63) is 24.0 Å². The summed E-state index contributed by atoms with van der Waals surface area (Å²) in [5, 5.41) is 0. The van der Waals surface area contributed by atoms with Crippen molar-refractivity contribution in [1.29, 1.82) is 0 Å². The molecule has 2 nitrogen and oxygen atoms in total. The minimum Gasteiger partial charge on any atom is -0.466 e. The SMILES string of the molecule is CCC(C)C1C=CC(OC(C)OCC(C)C)=CC1. The van der Waals surface area contributed by atoms with E-state index in [1.165, 1.54) is 6.42 Å². The van der Waals surface area contributed by atoms with Gasteiger partial charge in [-0.3, -0.25) is 0 Å². The summed E-state index contributed by atoms with van der Waals surface area (Å²) < 4.78 is 11.4. The van der Waals surface area contributed by atoms with Gasteiger partial charge in [0.15, 0.2) is 6.29 Å². The summed E-state index contributed by atoms with van der Waals surface area (Å²) in [5.74, 6) is 2.90. The fraction of sp³-hybridized carbons (Fsp3) is 0.750. The lowest BCUT2D eigenvalue weighted by Crippen LogP contribution is -2.17. The first-order chi connectivity index (χ1) is 8.52. The number of allylic oxidation sites excluding steroid dienone is 3. The van der Waals surface area contributed by atoms with Gasteiger partial charge in [0.2, 0.25) is 0 Å². The second-order valence-corrected chi connectivity index (χ2v) is 5.66. The average Bonchev–Trinajstić information content (AvgIpc) is 2.36. The zero-order valence-corrected chi connectivity index (χ0v) is 12.5. The van der Waals surface area contributed by atoms with Gasteiger partial charge in [-0.05, 0) is 43.3 Å². The molecule has 1 aliphatic carbocycles. The highest BCUT2D eigenvalue weighted by molar-refractivity contribution is 5.18. The highest BCUT2D eigenvalue weighted by atomic mass is 16.7. The van der Waals surface area contributed by atoms with Gasteiger partial charge in [0.1, 0.15) is 5.76 Å². The molecule has 0 heterocycles. The average molecular weight is 252 g/mol. The minimum absolute atomic E-state index is 0.163. The molecule has 0 N–H and O–H groups in total. The van der Waals surface area contributed by atoms with Crippen LogP contribution in [0.25, 0.3) is 0 Å². The molecule has 1 rings (SSSR count). The second-order valence-electron chi connectivity index (χ2n) is 5.66. The molecule has 0 saturated carbocycles. The molecule has 3 atom stereocenters. The van der Waals surface area contributed by atoms with Crippen LogP contribution < -0.4 is 0 Å². The molecule has 0 aromatic carbocycles. The van der Waals surface area contributed by atoms with Gasteiger partial charge < -0.3 is 9.47 Å². The van der Waals surface area contributed by atoms with Gasteiger partial charge in [0.05, 0.1) is 6.61 Å². The van der Waals surface area contributed by atoms with Gasteiger partial charge in [-0.2, -0.15) is 0 Å². The summed E-state index contributed by atoms with van der Waals surface area (Å²) in [7, 11) is 0. The van der Waals surface area contributed by atoms with E-state index < -0.39 is 0 Å². The Hall–Kier alpha value is -0.760. The minimum atomic E-state index is -0.163. The molecule has 18 heavy (non-hydrogen) atoms. The topological polar surface area (TPSA) is 18.5 Å². The molecule has 3 unspecified atom stereocenters. The molecule has 0 aromatic heterocycles. The fourth-order valence-corrected chi connectivity index (χ4v) is 1.98. The maximum Gasteiger partial charge on any atom is 0.196 e. The Labute approximate surface area is 112 Å². The van der Waals surface area contributed by atoms with E-state index in [1.807, 2.05) is 6.92 Å². The highest BCUT2D eigenvalue weighted by Gasteiger charge is 2.16. The van der Waals surface area contributed by atoms with E-state index in [4.69, 9.17) is 9.47 Å². The maximum absolute atomic E-state index is 5.76. The summed E-state index contributed by atoms with van der Waals surface area (Å²) in [6.45, 7) is 11.5. The van der Waals surface area contributed by atoms with Crippen molar-refractivity contribution in [1.82, 2.24) is 0 Å².